The van der Waals surface area contributed by atoms with Gasteiger partial charge in [-0.25, -0.2) is 4.79 Å². The number of hydrogen-bond donors (Lipinski definition) is 1. The first-order valence-corrected chi connectivity index (χ1v) is 10.8. The van der Waals surface area contributed by atoms with Gasteiger partial charge in [0.05, 0.1) is 15.6 Å². The molecule has 1 amide bonds. The summed E-state index contributed by atoms with van der Waals surface area (Å²) in [6.07, 6.45) is 0. The van der Waals surface area contributed by atoms with E-state index in [9.17, 15) is 14.9 Å². The number of nitrogens with zero attached hydrogens (tertiary/aromatic N) is 1. The molecule has 34 heavy (non-hydrogen) atoms. The highest BCUT2D eigenvalue weighted by atomic mass is 35.5. The lowest BCUT2D eigenvalue weighted by Crippen LogP contribution is -2.21. The van der Waals surface area contributed by atoms with Crippen LogP contribution in [0.25, 0.3) is 22.5 Å². The quantitative estimate of drug-likeness (QED) is 0.307. The smallest absolute Gasteiger partial charge is 0.338 e. The molecule has 1 N–H and O–H groups in total. The molecule has 0 unspecified atom stereocenters. The van der Waals surface area contributed by atoms with Gasteiger partial charge >= 0.3 is 5.97 Å². The molecule has 0 atom stereocenters. The molecule has 0 aliphatic heterocycles. The van der Waals surface area contributed by atoms with E-state index in [1.54, 1.807) is 0 Å². The Morgan fingerprint density at radius 3 is 2.18 bits per heavy atom. The molecule has 168 valence electrons. The van der Waals surface area contributed by atoms with Crippen LogP contribution in [0.3, 0.4) is 0 Å². The van der Waals surface area contributed by atoms with Gasteiger partial charge in [0.1, 0.15) is 17.4 Å². The maximum absolute atomic E-state index is 12.5. The first kappa shape index (κ1) is 23.1. The van der Waals surface area contributed by atoms with Gasteiger partial charge < -0.3 is 9.15 Å². The Morgan fingerprint density at radius 1 is 0.912 bits per heavy atom. The molecule has 0 aliphatic rings. The van der Waals surface area contributed by atoms with Crippen molar-refractivity contribution in [3.63, 3.8) is 0 Å². The van der Waals surface area contributed by atoms with Crippen molar-refractivity contribution in [2.45, 2.75) is 0 Å². The number of nitriles is 1. The fraction of sp³-hybridized carbons (Fsp3) is 0.0385. The van der Waals surface area contributed by atoms with Crippen molar-refractivity contribution in [2.75, 3.05) is 11.9 Å². The highest BCUT2D eigenvalue weighted by Gasteiger charge is 2.24. The molecule has 0 bridgehead atoms. The number of carbonyl (C=O) groups excluding carboxylic acids is 2. The van der Waals surface area contributed by atoms with E-state index in [0.717, 1.165) is 11.1 Å². The van der Waals surface area contributed by atoms with Crippen LogP contribution in [-0.2, 0) is 9.53 Å². The fourth-order valence-corrected chi connectivity index (χ4v) is 3.60. The molecule has 4 aromatic rings. The summed E-state index contributed by atoms with van der Waals surface area (Å²) in [7, 11) is 0. The lowest BCUT2D eigenvalue weighted by atomic mass is 9.98. The third-order valence-corrected chi connectivity index (χ3v) is 5.60. The summed E-state index contributed by atoms with van der Waals surface area (Å²) in [6.45, 7) is -0.591. The van der Waals surface area contributed by atoms with Gasteiger partial charge in [0.25, 0.3) is 5.91 Å². The second-order valence-corrected chi connectivity index (χ2v) is 7.92. The minimum atomic E-state index is -0.747. The lowest BCUT2D eigenvalue weighted by molar-refractivity contribution is -0.119. The fourth-order valence-electron chi connectivity index (χ4n) is 3.30. The summed E-state index contributed by atoms with van der Waals surface area (Å²) >= 11 is 11.8. The van der Waals surface area contributed by atoms with Crippen LogP contribution in [0.2, 0.25) is 10.0 Å². The highest BCUT2D eigenvalue weighted by Crippen LogP contribution is 2.41. The zero-order chi connectivity index (χ0) is 24.1. The Bertz CT molecular complexity index is 1390. The summed E-state index contributed by atoms with van der Waals surface area (Å²) < 4.78 is 11.0. The van der Waals surface area contributed by atoms with Crippen molar-refractivity contribution in [3.8, 4) is 28.5 Å². The van der Waals surface area contributed by atoms with E-state index >= 15 is 0 Å². The first-order valence-electron chi connectivity index (χ1n) is 10.1. The molecule has 3 aromatic carbocycles. The average Bonchev–Trinajstić information content (AvgIpc) is 3.23. The Kier molecular flexibility index (Phi) is 6.98. The molecule has 1 heterocycles. The van der Waals surface area contributed by atoms with Crippen LogP contribution in [0.1, 0.15) is 15.9 Å². The van der Waals surface area contributed by atoms with Crippen LogP contribution in [0.4, 0.5) is 5.88 Å². The number of ether oxygens (including phenoxy) is 1. The van der Waals surface area contributed by atoms with Crippen molar-refractivity contribution >= 4 is 41.0 Å². The molecule has 0 aliphatic carbocycles. The minimum absolute atomic E-state index is 0.0317. The Labute approximate surface area is 205 Å². The second kappa shape index (κ2) is 10.3. The van der Waals surface area contributed by atoms with E-state index in [4.69, 9.17) is 32.4 Å². The number of hydrogen-bond acceptors (Lipinski definition) is 5. The van der Waals surface area contributed by atoms with E-state index in [1.165, 1.54) is 18.2 Å². The standard InChI is InChI=1S/C26H16Cl2N2O4/c27-20-12-11-18(13-21(20)28)26(32)33-15-22(31)30-25-19(14-29)23(16-7-3-1-4-8-16)24(34-25)17-9-5-2-6-10-17/h1-13H,15H2,(H,30,31). The summed E-state index contributed by atoms with van der Waals surface area (Å²) in [5.41, 5.74) is 2.36. The molecule has 1 aromatic heterocycles. The number of halogens is 2. The predicted molar refractivity (Wildman–Crippen MR) is 130 cm³/mol. The highest BCUT2D eigenvalue weighted by molar-refractivity contribution is 6.42. The van der Waals surface area contributed by atoms with E-state index in [-0.39, 0.29) is 22.0 Å². The maximum atomic E-state index is 12.5. The van der Waals surface area contributed by atoms with E-state index < -0.39 is 18.5 Å². The van der Waals surface area contributed by atoms with Gasteiger partial charge in [0.2, 0.25) is 5.88 Å². The number of furan rings is 1. The van der Waals surface area contributed by atoms with Crippen molar-refractivity contribution in [3.05, 3.63) is 100 Å². The third kappa shape index (κ3) is 4.96. The van der Waals surface area contributed by atoms with Gasteiger partial charge in [-0.2, -0.15) is 5.26 Å². The van der Waals surface area contributed by atoms with Gasteiger partial charge in [-0.3, -0.25) is 10.1 Å². The molecule has 6 nitrogen and oxygen atoms in total. The number of benzene rings is 3. The molecule has 0 saturated heterocycles. The maximum Gasteiger partial charge on any atom is 0.338 e. The van der Waals surface area contributed by atoms with Crippen LogP contribution in [0.5, 0.6) is 0 Å². The van der Waals surface area contributed by atoms with Crippen LogP contribution < -0.4 is 5.32 Å². The minimum Gasteiger partial charge on any atom is -0.452 e. The molecule has 0 saturated carbocycles. The summed E-state index contributed by atoms with van der Waals surface area (Å²) in [4.78, 5) is 24.8. The number of nitrogens with one attached hydrogen (secondary N) is 1. The van der Waals surface area contributed by atoms with Crippen LogP contribution in [0, 0.1) is 11.3 Å². The van der Waals surface area contributed by atoms with Gasteiger partial charge in [-0.15, -0.1) is 0 Å². The zero-order valence-corrected chi connectivity index (χ0v) is 19.1. The van der Waals surface area contributed by atoms with Crippen molar-refractivity contribution in [1.29, 1.82) is 5.26 Å². The summed E-state index contributed by atoms with van der Waals surface area (Å²) in [5, 5.41) is 12.9. The lowest BCUT2D eigenvalue weighted by Gasteiger charge is -2.06. The molecule has 8 heteroatoms. The normalized spacial score (nSPS) is 10.4. The summed E-state index contributed by atoms with van der Waals surface area (Å²) in [5.74, 6) is -1.01. The predicted octanol–water partition coefficient (Wildman–Crippen LogP) is 6.59. The monoisotopic (exact) mass is 490 g/mol. The van der Waals surface area contributed by atoms with Crippen LogP contribution in [-0.4, -0.2) is 18.5 Å². The van der Waals surface area contributed by atoms with Crippen LogP contribution in [0.15, 0.2) is 83.3 Å². The molecule has 4 rings (SSSR count). The number of anilines is 1. The van der Waals surface area contributed by atoms with E-state index in [0.29, 0.717) is 16.3 Å². The SMILES string of the molecule is N#Cc1c(NC(=O)COC(=O)c2ccc(Cl)c(Cl)c2)oc(-c2ccccc2)c1-c1ccccc1. The van der Waals surface area contributed by atoms with E-state index in [2.05, 4.69) is 11.4 Å². The zero-order valence-electron chi connectivity index (χ0n) is 17.5. The number of rotatable bonds is 6. The molecule has 0 fully saturated rings. The molecule has 0 spiro atoms. The van der Waals surface area contributed by atoms with Gasteiger partial charge in [-0.05, 0) is 23.8 Å². The number of carbonyl (C=O) groups is 2. The number of esters is 1. The Morgan fingerprint density at radius 2 is 1.56 bits per heavy atom. The Balaban J connectivity index is 1.59. The topological polar surface area (TPSA) is 92.3 Å². The third-order valence-electron chi connectivity index (χ3n) is 4.86. The van der Waals surface area contributed by atoms with Crippen LogP contribution >= 0.6 is 23.2 Å². The van der Waals surface area contributed by atoms with E-state index in [1.807, 2.05) is 60.7 Å². The van der Waals surface area contributed by atoms with Gasteiger partial charge in [0.15, 0.2) is 6.61 Å². The van der Waals surface area contributed by atoms with Crippen molar-refractivity contribution in [2.24, 2.45) is 0 Å². The second-order valence-electron chi connectivity index (χ2n) is 7.11. The van der Waals surface area contributed by atoms with Crippen molar-refractivity contribution in [1.82, 2.24) is 0 Å². The molecular formula is C26H16Cl2N2O4. The van der Waals surface area contributed by atoms with Gasteiger partial charge in [0, 0.05) is 11.1 Å². The Hall–Kier alpha value is -4.05. The average molecular weight is 491 g/mol. The summed E-state index contributed by atoms with van der Waals surface area (Å²) in [6, 6.07) is 24.9. The van der Waals surface area contributed by atoms with Crippen molar-refractivity contribution < 1.29 is 18.7 Å². The molecule has 0 radical (unpaired) electrons. The number of amides is 1. The molecular weight excluding hydrogens is 475 g/mol. The van der Waals surface area contributed by atoms with Gasteiger partial charge in [-0.1, -0.05) is 83.9 Å². The largest absolute Gasteiger partial charge is 0.452 e. The first-order chi connectivity index (χ1) is 16.5.